The van der Waals surface area contributed by atoms with Crippen LogP contribution in [0.15, 0.2) is 23.1 Å². The number of hydrogen-bond donors (Lipinski definition) is 2. The van der Waals surface area contributed by atoms with Crippen molar-refractivity contribution in [2.24, 2.45) is 5.92 Å². The molecule has 7 heteroatoms. The molecule has 1 unspecified atom stereocenters. The number of sulfonamides is 1. The van der Waals surface area contributed by atoms with Gasteiger partial charge in [-0.2, -0.15) is 0 Å². The Kier molecular flexibility index (Phi) is 5.09. The molecule has 0 spiro atoms. The van der Waals surface area contributed by atoms with Crippen molar-refractivity contribution < 1.29 is 17.5 Å². The van der Waals surface area contributed by atoms with Gasteiger partial charge in [-0.1, -0.05) is 0 Å². The lowest BCUT2D eigenvalue weighted by molar-refractivity contribution is 0.186. The van der Waals surface area contributed by atoms with E-state index in [0.29, 0.717) is 25.3 Å². The minimum Gasteiger partial charge on any atom is -0.381 e. The van der Waals surface area contributed by atoms with Crippen molar-refractivity contribution >= 4 is 10.0 Å². The zero-order chi connectivity index (χ0) is 14.6. The van der Waals surface area contributed by atoms with Crippen LogP contribution < -0.4 is 10.0 Å². The Bertz CT molecular complexity index is 557. The molecule has 1 aliphatic heterocycles. The van der Waals surface area contributed by atoms with Crippen LogP contribution in [0.1, 0.15) is 12.0 Å². The molecule has 1 fully saturated rings. The smallest absolute Gasteiger partial charge is 0.240 e. The van der Waals surface area contributed by atoms with Crippen LogP contribution in [0.3, 0.4) is 0 Å². The van der Waals surface area contributed by atoms with Gasteiger partial charge in [-0.25, -0.2) is 17.5 Å². The lowest BCUT2D eigenvalue weighted by atomic mass is 10.1. The van der Waals surface area contributed by atoms with E-state index in [1.807, 2.05) is 0 Å². The van der Waals surface area contributed by atoms with E-state index < -0.39 is 15.8 Å². The second kappa shape index (κ2) is 6.62. The Morgan fingerprint density at radius 2 is 2.25 bits per heavy atom. The van der Waals surface area contributed by atoms with Gasteiger partial charge in [-0.3, -0.25) is 0 Å². The van der Waals surface area contributed by atoms with E-state index >= 15 is 0 Å². The summed E-state index contributed by atoms with van der Waals surface area (Å²) in [5, 5.41) is 2.81. The maximum atomic E-state index is 13.5. The van der Waals surface area contributed by atoms with Crippen LogP contribution in [-0.4, -0.2) is 35.2 Å². The third kappa shape index (κ3) is 3.76. The Labute approximate surface area is 118 Å². The van der Waals surface area contributed by atoms with Gasteiger partial charge in [-0.15, -0.1) is 0 Å². The van der Waals surface area contributed by atoms with Crippen molar-refractivity contribution in [3.63, 3.8) is 0 Å². The predicted molar refractivity (Wildman–Crippen MR) is 73.3 cm³/mol. The summed E-state index contributed by atoms with van der Waals surface area (Å²) in [5.74, 6) is -0.204. The molecule has 0 saturated carbocycles. The highest BCUT2D eigenvalue weighted by molar-refractivity contribution is 7.89. The molecule has 2 rings (SSSR count). The van der Waals surface area contributed by atoms with Crippen LogP contribution in [0.4, 0.5) is 4.39 Å². The summed E-state index contributed by atoms with van der Waals surface area (Å²) < 4.78 is 45.6. The first-order chi connectivity index (χ1) is 9.53. The average molecular weight is 302 g/mol. The van der Waals surface area contributed by atoms with Gasteiger partial charge >= 0.3 is 0 Å². The first kappa shape index (κ1) is 15.4. The lowest BCUT2D eigenvalue weighted by Crippen LogP contribution is -2.29. The molecule has 5 nitrogen and oxygen atoms in total. The third-order valence-corrected chi connectivity index (χ3v) is 4.70. The SMILES string of the molecule is CNCc1cc(S(=O)(=O)NCC2CCOC2)ccc1F. The number of hydrogen-bond acceptors (Lipinski definition) is 4. The Hall–Kier alpha value is -1.02. The summed E-state index contributed by atoms with van der Waals surface area (Å²) in [5.41, 5.74) is 0.333. The van der Waals surface area contributed by atoms with Gasteiger partial charge in [0.15, 0.2) is 0 Å². The molecular weight excluding hydrogens is 283 g/mol. The number of halogens is 1. The second-order valence-corrected chi connectivity index (χ2v) is 6.63. The normalized spacial score (nSPS) is 19.4. The number of nitrogens with one attached hydrogen (secondary N) is 2. The average Bonchev–Trinajstić information content (AvgIpc) is 2.92. The fraction of sp³-hybridized carbons (Fsp3) is 0.538. The van der Waals surface area contributed by atoms with Gasteiger partial charge in [0.05, 0.1) is 11.5 Å². The van der Waals surface area contributed by atoms with E-state index in [0.717, 1.165) is 6.42 Å². The molecule has 20 heavy (non-hydrogen) atoms. The molecule has 2 N–H and O–H groups in total. The van der Waals surface area contributed by atoms with E-state index in [9.17, 15) is 12.8 Å². The molecule has 1 aromatic carbocycles. The van der Waals surface area contributed by atoms with Crippen molar-refractivity contribution in [2.45, 2.75) is 17.9 Å². The summed E-state index contributed by atoms with van der Waals surface area (Å²) in [6.45, 7) is 1.89. The van der Waals surface area contributed by atoms with Crippen LogP contribution in [-0.2, 0) is 21.3 Å². The Balaban J connectivity index is 2.09. The van der Waals surface area contributed by atoms with Crippen molar-refractivity contribution in [1.29, 1.82) is 0 Å². The fourth-order valence-electron chi connectivity index (χ4n) is 2.10. The largest absolute Gasteiger partial charge is 0.381 e. The highest BCUT2D eigenvalue weighted by atomic mass is 32.2. The minimum atomic E-state index is -3.61. The monoisotopic (exact) mass is 302 g/mol. The van der Waals surface area contributed by atoms with Crippen LogP contribution in [0.2, 0.25) is 0 Å². The van der Waals surface area contributed by atoms with Crippen LogP contribution >= 0.6 is 0 Å². The van der Waals surface area contributed by atoms with Gasteiger partial charge in [-0.05, 0) is 37.6 Å². The standard InChI is InChI=1S/C13H19FN2O3S/c1-15-8-11-6-12(2-3-13(11)14)20(17,18)16-7-10-4-5-19-9-10/h2-3,6,10,15-16H,4-5,7-9H2,1H3. The molecule has 0 aromatic heterocycles. The van der Waals surface area contributed by atoms with Gasteiger partial charge < -0.3 is 10.1 Å². The highest BCUT2D eigenvalue weighted by Gasteiger charge is 2.21. The molecule has 1 aromatic rings. The van der Waals surface area contributed by atoms with Crippen LogP contribution in [0, 0.1) is 11.7 Å². The molecule has 112 valence electrons. The van der Waals surface area contributed by atoms with Gasteiger partial charge in [0, 0.05) is 25.3 Å². The molecule has 0 bridgehead atoms. The maximum Gasteiger partial charge on any atom is 0.240 e. The molecule has 1 aliphatic rings. The van der Waals surface area contributed by atoms with Crippen LogP contribution in [0.25, 0.3) is 0 Å². The van der Waals surface area contributed by atoms with Gasteiger partial charge in [0.1, 0.15) is 5.82 Å². The van der Waals surface area contributed by atoms with E-state index in [-0.39, 0.29) is 17.4 Å². The first-order valence-corrected chi connectivity index (χ1v) is 8.01. The second-order valence-electron chi connectivity index (χ2n) is 4.87. The van der Waals surface area contributed by atoms with Crippen LogP contribution in [0.5, 0.6) is 0 Å². The first-order valence-electron chi connectivity index (χ1n) is 6.53. The van der Waals surface area contributed by atoms with Gasteiger partial charge in [0.25, 0.3) is 0 Å². The Morgan fingerprint density at radius 3 is 2.90 bits per heavy atom. The summed E-state index contributed by atoms with van der Waals surface area (Å²) in [7, 11) is -1.93. The van der Waals surface area contributed by atoms with E-state index in [1.165, 1.54) is 18.2 Å². The number of benzene rings is 1. The van der Waals surface area contributed by atoms with Crippen molar-refractivity contribution in [2.75, 3.05) is 26.8 Å². The number of ether oxygens (including phenoxy) is 1. The zero-order valence-electron chi connectivity index (χ0n) is 11.4. The summed E-state index contributed by atoms with van der Waals surface area (Å²) in [4.78, 5) is 0.0862. The molecular formula is C13H19FN2O3S. The summed E-state index contributed by atoms with van der Waals surface area (Å²) in [6.07, 6.45) is 0.858. The molecule has 1 heterocycles. The third-order valence-electron chi connectivity index (χ3n) is 3.28. The highest BCUT2D eigenvalue weighted by Crippen LogP contribution is 2.16. The molecule has 1 saturated heterocycles. The predicted octanol–water partition coefficient (Wildman–Crippen LogP) is 0.860. The summed E-state index contributed by atoms with van der Waals surface area (Å²) >= 11 is 0. The quantitative estimate of drug-likeness (QED) is 0.818. The Morgan fingerprint density at radius 1 is 1.45 bits per heavy atom. The fourth-order valence-corrected chi connectivity index (χ4v) is 3.27. The van der Waals surface area contributed by atoms with E-state index in [1.54, 1.807) is 7.05 Å². The van der Waals surface area contributed by atoms with E-state index in [4.69, 9.17) is 4.74 Å². The molecule has 0 radical (unpaired) electrons. The summed E-state index contributed by atoms with van der Waals surface area (Å²) in [6, 6.07) is 3.82. The van der Waals surface area contributed by atoms with Crippen molar-refractivity contribution in [3.8, 4) is 0 Å². The molecule has 1 atom stereocenters. The zero-order valence-corrected chi connectivity index (χ0v) is 12.2. The van der Waals surface area contributed by atoms with Crippen molar-refractivity contribution in [3.05, 3.63) is 29.6 Å². The number of rotatable bonds is 6. The lowest BCUT2D eigenvalue weighted by Gasteiger charge is -2.11. The molecule has 0 amide bonds. The van der Waals surface area contributed by atoms with E-state index in [2.05, 4.69) is 10.0 Å². The minimum absolute atomic E-state index is 0.0862. The molecule has 0 aliphatic carbocycles. The van der Waals surface area contributed by atoms with Crippen molar-refractivity contribution in [1.82, 2.24) is 10.0 Å². The van der Waals surface area contributed by atoms with Gasteiger partial charge in [0.2, 0.25) is 10.0 Å². The topological polar surface area (TPSA) is 67.4 Å². The maximum absolute atomic E-state index is 13.5.